The van der Waals surface area contributed by atoms with E-state index >= 15 is 0 Å². The maximum atomic E-state index is 12.9. The Balaban J connectivity index is 1.46. The zero-order valence-electron chi connectivity index (χ0n) is 14.7. The average molecular weight is 365 g/mol. The number of amides is 2. The summed E-state index contributed by atoms with van der Waals surface area (Å²) in [7, 11) is 0. The molecule has 2 amide bonds. The van der Waals surface area contributed by atoms with E-state index in [1.54, 1.807) is 9.80 Å². The SMILES string of the molecule is NC1(C(=O)N2CCN(C(=O)COc3ccc(F)cc3)CC2)CCOCC1. The molecule has 2 N–H and O–H groups in total. The number of ether oxygens (including phenoxy) is 2. The van der Waals surface area contributed by atoms with Gasteiger partial charge in [0.1, 0.15) is 11.6 Å². The molecule has 0 spiro atoms. The standard InChI is InChI=1S/C18H24FN3O4/c19-14-1-3-15(4-2-14)26-13-16(23)21-7-9-22(10-8-21)17(24)18(20)5-11-25-12-6-18/h1-4H,5-13,20H2. The van der Waals surface area contributed by atoms with Gasteiger partial charge in [0.25, 0.3) is 5.91 Å². The molecule has 0 saturated carbocycles. The van der Waals surface area contributed by atoms with E-state index in [0.29, 0.717) is 58.0 Å². The summed E-state index contributed by atoms with van der Waals surface area (Å²) in [6.45, 7) is 2.70. The maximum Gasteiger partial charge on any atom is 0.260 e. The van der Waals surface area contributed by atoms with E-state index in [-0.39, 0.29) is 24.2 Å². The second-order valence-electron chi connectivity index (χ2n) is 6.68. The third kappa shape index (κ3) is 4.31. The van der Waals surface area contributed by atoms with Gasteiger partial charge in [-0.3, -0.25) is 9.59 Å². The van der Waals surface area contributed by atoms with Crippen LogP contribution in [0.5, 0.6) is 5.75 Å². The van der Waals surface area contributed by atoms with Crippen molar-refractivity contribution in [1.82, 2.24) is 9.80 Å². The van der Waals surface area contributed by atoms with E-state index in [1.165, 1.54) is 24.3 Å². The van der Waals surface area contributed by atoms with Gasteiger partial charge in [-0.05, 0) is 37.1 Å². The number of nitrogens with zero attached hydrogens (tertiary/aromatic N) is 2. The van der Waals surface area contributed by atoms with Gasteiger partial charge < -0.3 is 25.0 Å². The molecule has 0 atom stereocenters. The molecule has 1 aromatic rings. The van der Waals surface area contributed by atoms with Crippen molar-refractivity contribution in [2.24, 2.45) is 5.73 Å². The van der Waals surface area contributed by atoms with Gasteiger partial charge in [0.2, 0.25) is 5.91 Å². The summed E-state index contributed by atoms with van der Waals surface area (Å²) in [6, 6.07) is 5.52. The minimum atomic E-state index is -0.851. The van der Waals surface area contributed by atoms with Crippen LogP contribution in [0.25, 0.3) is 0 Å². The Morgan fingerprint density at radius 2 is 1.65 bits per heavy atom. The Hall–Kier alpha value is -2.19. The molecule has 0 aromatic heterocycles. The lowest BCUT2D eigenvalue weighted by Crippen LogP contribution is -2.61. The fraction of sp³-hybridized carbons (Fsp3) is 0.556. The highest BCUT2D eigenvalue weighted by Gasteiger charge is 2.40. The van der Waals surface area contributed by atoms with E-state index in [2.05, 4.69) is 0 Å². The number of benzene rings is 1. The van der Waals surface area contributed by atoms with Crippen LogP contribution in [-0.4, -0.2) is 73.2 Å². The highest BCUT2D eigenvalue weighted by Crippen LogP contribution is 2.21. The zero-order valence-corrected chi connectivity index (χ0v) is 14.7. The fourth-order valence-corrected chi connectivity index (χ4v) is 3.19. The summed E-state index contributed by atoms with van der Waals surface area (Å²) in [5.41, 5.74) is 5.40. The normalized spacial score (nSPS) is 19.9. The van der Waals surface area contributed by atoms with Crippen molar-refractivity contribution < 1.29 is 23.5 Å². The molecule has 26 heavy (non-hydrogen) atoms. The minimum Gasteiger partial charge on any atom is -0.484 e. The number of rotatable bonds is 4. The Morgan fingerprint density at radius 1 is 1.08 bits per heavy atom. The molecule has 142 valence electrons. The number of carbonyl (C=O) groups excluding carboxylic acids is 2. The second kappa shape index (κ2) is 8.01. The Kier molecular flexibility index (Phi) is 5.73. The van der Waals surface area contributed by atoms with Crippen molar-refractivity contribution in [3.63, 3.8) is 0 Å². The van der Waals surface area contributed by atoms with Crippen molar-refractivity contribution in [2.45, 2.75) is 18.4 Å². The van der Waals surface area contributed by atoms with Crippen LogP contribution in [0.1, 0.15) is 12.8 Å². The number of nitrogens with two attached hydrogens (primary N) is 1. The third-order valence-corrected chi connectivity index (χ3v) is 4.91. The monoisotopic (exact) mass is 365 g/mol. The van der Waals surface area contributed by atoms with E-state index in [9.17, 15) is 14.0 Å². The van der Waals surface area contributed by atoms with E-state index in [4.69, 9.17) is 15.2 Å². The molecule has 0 radical (unpaired) electrons. The Morgan fingerprint density at radius 3 is 2.27 bits per heavy atom. The summed E-state index contributed by atoms with van der Waals surface area (Å²) in [6.07, 6.45) is 1.05. The number of piperazine rings is 1. The lowest BCUT2D eigenvalue weighted by Gasteiger charge is -2.40. The van der Waals surface area contributed by atoms with Crippen LogP contribution in [0.4, 0.5) is 4.39 Å². The molecule has 0 unspecified atom stereocenters. The first-order chi connectivity index (χ1) is 12.5. The van der Waals surface area contributed by atoms with Crippen LogP contribution in [0.15, 0.2) is 24.3 Å². The summed E-state index contributed by atoms with van der Waals surface area (Å²) in [4.78, 5) is 28.3. The Bertz CT molecular complexity index is 638. The lowest BCUT2D eigenvalue weighted by molar-refractivity contribution is -0.146. The molecular formula is C18H24FN3O4. The number of hydrogen-bond donors (Lipinski definition) is 1. The molecule has 7 nitrogen and oxygen atoms in total. The predicted octanol–water partition coefficient (Wildman–Crippen LogP) is 0.383. The molecular weight excluding hydrogens is 341 g/mol. The van der Waals surface area contributed by atoms with Crippen LogP contribution < -0.4 is 10.5 Å². The third-order valence-electron chi connectivity index (χ3n) is 4.91. The molecule has 2 heterocycles. The smallest absolute Gasteiger partial charge is 0.260 e. The Labute approximate surface area is 151 Å². The van der Waals surface area contributed by atoms with Crippen LogP contribution in [0, 0.1) is 5.82 Å². The number of halogens is 1. The van der Waals surface area contributed by atoms with Gasteiger partial charge in [0.15, 0.2) is 6.61 Å². The van der Waals surface area contributed by atoms with Crippen molar-refractivity contribution in [1.29, 1.82) is 0 Å². The summed E-state index contributed by atoms with van der Waals surface area (Å²) >= 11 is 0. The van der Waals surface area contributed by atoms with Crippen molar-refractivity contribution in [2.75, 3.05) is 46.0 Å². The van der Waals surface area contributed by atoms with E-state index < -0.39 is 5.54 Å². The molecule has 2 aliphatic rings. The van der Waals surface area contributed by atoms with Gasteiger partial charge in [-0.1, -0.05) is 0 Å². The molecule has 1 aromatic carbocycles. The number of carbonyl (C=O) groups is 2. The maximum absolute atomic E-state index is 12.9. The largest absolute Gasteiger partial charge is 0.484 e. The summed E-state index contributed by atoms with van der Waals surface area (Å²) in [5.74, 6) is -0.129. The van der Waals surface area contributed by atoms with E-state index in [0.717, 1.165) is 0 Å². The highest BCUT2D eigenvalue weighted by molar-refractivity contribution is 5.86. The average Bonchev–Trinajstić information content (AvgIpc) is 2.67. The molecule has 3 rings (SSSR count). The quantitative estimate of drug-likeness (QED) is 0.834. The first kappa shape index (κ1) is 18.6. The minimum absolute atomic E-state index is 0.0598. The summed E-state index contributed by atoms with van der Waals surface area (Å²) < 4.78 is 23.5. The van der Waals surface area contributed by atoms with Gasteiger partial charge in [0.05, 0.1) is 5.54 Å². The lowest BCUT2D eigenvalue weighted by atomic mass is 9.89. The van der Waals surface area contributed by atoms with Crippen LogP contribution in [-0.2, 0) is 14.3 Å². The van der Waals surface area contributed by atoms with Crippen molar-refractivity contribution in [3.8, 4) is 5.75 Å². The number of hydrogen-bond acceptors (Lipinski definition) is 5. The first-order valence-electron chi connectivity index (χ1n) is 8.80. The highest BCUT2D eigenvalue weighted by atomic mass is 19.1. The van der Waals surface area contributed by atoms with Gasteiger partial charge in [0, 0.05) is 39.4 Å². The van der Waals surface area contributed by atoms with Gasteiger partial charge in [-0.15, -0.1) is 0 Å². The van der Waals surface area contributed by atoms with Crippen LogP contribution in [0.3, 0.4) is 0 Å². The topological polar surface area (TPSA) is 85.1 Å². The molecule has 2 fully saturated rings. The summed E-state index contributed by atoms with van der Waals surface area (Å²) in [5, 5.41) is 0. The van der Waals surface area contributed by atoms with Gasteiger partial charge in [-0.2, -0.15) is 0 Å². The molecule has 2 saturated heterocycles. The van der Waals surface area contributed by atoms with Crippen molar-refractivity contribution in [3.05, 3.63) is 30.1 Å². The predicted molar refractivity (Wildman–Crippen MR) is 92.0 cm³/mol. The van der Waals surface area contributed by atoms with E-state index in [1.807, 2.05) is 0 Å². The fourth-order valence-electron chi connectivity index (χ4n) is 3.19. The molecule has 8 heteroatoms. The molecule has 0 aliphatic carbocycles. The van der Waals surface area contributed by atoms with Gasteiger partial charge >= 0.3 is 0 Å². The van der Waals surface area contributed by atoms with Crippen molar-refractivity contribution >= 4 is 11.8 Å². The molecule has 0 bridgehead atoms. The first-order valence-corrected chi connectivity index (χ1v) is 8.80. The van der Waals surface area contributed by atoms with Gasteiger partial charge in [-0.25, -0.2) is 4.39 Å². The van der Waals surface area contributed by atoms with Crippen LogP contribution >= 0.6 is 0 Å². The molecule has 2 aliphatic heterocycles. The zero-order chi connectivity index (χ0) is 18.6. The second-order valence-corrected chi connectivity index (χ2v) is 6.68. The van der Waals surface area contributed by atoms with Crippen LogP contribution in [0.2, 0.25) is 0 Å².